The van der Waals surface area contributed by atoms with E-state index in [9.17, 15) is 25.1 Å². The molecule has 0 aliphatic carbocycles. The van der Waals surface area contributed by atoms with E-state index in [1.54, 1.807) is 0 Å². The molecule has 0 aliphatic heterocycles. The third kappa shape index (κ3) is 4.04. The van der Waals surface area contributed by atoms with Gasteiger partial charge < -0.3 is 15.5 Å². The Balaban J connectivity index is 2.89. The van der Waals surface area contributed by atoms with Gasteiger partial charge in [-0.15, -0.1) is 0 Å². The zero-order valence-electron chi connectivity index (χ0n) is 10.3. The SMILES string of the molecule is CC(c1ccc([N+](=O)[O-])cc1)C(O)(O)NC(=O)C(Cl)Cl. The standard InChI is InChI=1S/C11H12Cl2N2O5/c1-6(11(17,18)14-10(16)9(12)13)7-2-4-8(5-3-7)15(19)20/h2-6,9,17-18H,1H3,(H,14,16). The number of aliphatic hydroxyl groups is 2. The van der Waals surface area contributed by atoms with Gasteiger partial charge in [-0.25, -0.2) is 0 Å². The van der Waals surface area contributed by atoms with Gasteiger partial charge in [0.25, 0.3) is 17.5 Å². The first-order valence-corrected chi connectivity index (χ1v) is 6.31. The van der Waals surface area contributed by atoms with E-state index in [-0.39, 0.29) is 5.69 Å². The molecule has 20 heavy (non-hydrogen) atoms. The van der Waals surface area contributed by atoms with Crippen LogP contribution < -0.4 is 5.32 Å². The molecule has 0 aromatic heterocycles. The van der Waals surface area contributed by atoms with Crippen LogP contribution in [0.5, 0.6) is 0 Å². The highest BCUT2D eigenvalue weighted by Crippen LogP contribution is 2.26. The van der Waals surface area contributed by atoms with Crippen molar-refractivity contribution in [2.45, 2.75) is 23.6 Å². The fourth-order valence-electron chi connectivity index (χ4n) is 1.46. The second kappa shape index (κ2) is 6.36. The Morgan fingerprint density at radius 1 is 1.35 bits per heavy atom. The molecule has 110 valence electrons. The number of amides is 1. The van der Waals surface area contributed by atoms with Crippen LogP contribution in [0.15, 0.2) is 24.3 Å². The molecule has 1 aromatic carbocycles. The molecule has 0 heterocycles. The molecular formula is C11H12Cl2N2O5. The molecule has 0 saturated carbocycles. The van der Waals surface area contributed by atoms with Gasteiger partial charge in [0, 0.05) is 12.1 Å². The Kier molecular flexibility index (Phi) is 5.29. The molecule has 1 aromatic rings. The summed E-state index contributed by atoms with van der Waals surface area (Å²) >= 11 is 10.6. The van der Waals surface area contributed by atoms with Gasteiger partial charge in [0.2, 0.25) is 0 Å². The van der Waals surface area contributed by atoms with Crippen molar-refractivity contribution < 1.29 is 19.9 Å². The lowest BCUT2D eigenvalue weighted by Gasteiger charge is -2.29. The minimum absolute atomic E-state index is 0.131. The molecular weight excluding hydrogens is 311 g/mol. The van der Waals surface area contributed by atoms with E-state index in [1.807, 2.05) is 5.32 Å². The smallest absolute Gasteiger partial charge is 0.269 e. The highest BCUT2D eigenvalue weighted by molar-refractivity contribution is 6.53. The molecule has 0 radical (unpaired) electrons. The Labute approximate surface area is 124 Å². The van der Waals surface area contributed by atoms with Gasteiger partial charge in [-0.2, -0.15) is 0 Å². The number of halogens is 2. The predicted molar refractivity (Wildman–Crippen MR) is 72.3 cm³/mol. The molecule has 9 heteroatoms. The fraction of sp³-hybridized carbons (Fsp3) is 0.364. The maximum Gasteiger partial charge on any atom is 0.269 e. The fourth-order valence-corrected chi connectivity index (χ4v) is 1.57. The number of nitrogens with one attached hydrogen (secondary N) is 1. The minimum atomic E-state index is -2.59. The summed E-state index contributed by atoms with van der Waals surface area (Å²) in [7, 11) is 0. The lowest BCUT2D eigenvalue weighted by molar-refractivity contribution is -0.384. The average molecular weight is 323 g/mol. The largest absolute Gasteiger partial charge is 0.348 e. The van der Waals surface area contributed by atoms with Gasteiger partial charge in [-0.3, -0.25) is 14.9 Å². The van der Waals surface area contributed by atoms with Crippen molar-refractivity contribution in [3.63, 3.8) is 0 Å². The number of carbonyl (C=O) groups excluding carboxylic acids is 1. The van der Waals surface area contributed by atoms with Crippen molar-refractivity contribution in [3.05, 3.63) is 39.9 Å². The Hall–Kier alpha value is -1.41. The van der Waals surface area contributed by atoms with Crippen LogP contribution in [-0.2, 0) is 4.79 Å². The molecule has 1 atom stereocenters. The second-order valence-electron chi connectivity index (χ2n) is 4.09. The maximum absolute atomic E-state index is 11.3. The average Bonchev–Trinajstić information content (AvgIpc) is 2.37. The van der Waals surface area contributed by atoms with Gasteiger partial charge in [-0.1, -0.05) is 42.3 Å². The van der Waals surface area contributed by atoms with E-state index < -0.39 is 27.5 Å². The zero-order chi connectivity index (χ0) is 15.5. The number of carbonyl (C=O) groups is 1. The Morgan fingerprint density at radius 3 is 2.25 bits per heavy atom. The Morgan fingerprint density at radius 2 is 1.85 bits per heavy atom. The number of nitro groups is 1. The van der Waals surface area contributed by atoms with Crippen LogP contribution in [0.3, 0.4) is 0 Å². The summed E-state index contributed by atoms with van der Waals surface area (Å²) < 4.78 is 0. The van der Waals surface area contributed by atoms with E-state index in [2.05, 4.69) is 0 Å². The third-order valence-electron chi connectivity index (χ3n) is 2.71. The van der Waals surface area contributed by atoms with Crippen LogP contribution in [0.25, 0.3) is 0 Å². The normalized spacial score (nSPS) is 13.1. The van der Waals surface area contributed by atoms with Gasteiger partial charge in [0.15, 0.2) is 4.84 Å². The molecule has 1 amide bonds. The monoisotopic (exact) mass is 322 g/mol. The molecule has 0 spiro atoms. The van der Waals surface area contributed by atoms with Gasteiger partial charge >= 0.3 is 0 Å². The molecule has 0 bridgehead atoms. The zero-order valence-corrected chi connectivity index (χ0v) is 11.8. The molecule has 3 N–H and O–H groups in total. The quantitative estimate of drug-likeness (QED) is 0.327. The number of nitrogens with zero attached hydrogens (tertiary/aromatic N) is 1. The van der Waals surface area contributed by atoms with E-state index >= 15 is 0 Å². The number of non-ortho nitro benzene ring substituents is 1. The van der Waals surface area contributed by atoms with Crippen LogP contribution in [0.2, 0.25) is 0 Å². The summed E-state index contributed by atoms with van der Waals surface area (Å²) in [6.07, 6.45) is 0. The van der Waals surface area contributed by atoms with Gasteiger partial charge in [0.1, 0.15) is 0 Å². The summed E-state index contributed by atoms with van der Waals surface area (Å²) in [5.41, 5.74) is 0.245. The van der Waals surface area contributed by atoms with E-state index in [0.717, 1.165) is 0 Å². The molecule has 7 nitrogen and oxygen atoms in total. The van der Waals surface area contributed by atoms with Crippen LogP contribution in [0.1, 0.15) is 18.4 Å². The maximum atomic E-state index is 11.3. The number of benzene rings is 1. The van der Waals surface area contributed by atoms with Crippen molar-refractivity contribution in [2.75, 3.05) is 0 Å². The van der Waals surface area contributed by atoms with Crippen molar-refractivity contribution in [1.82, 2.24) is 5.32 Å². The first kappa shape index (κ1) is 16.6. The van der Waals surface area contributed by atoms with Crippen molar-refractivity contribution in [2.24, 2.45) is 0 Å². The number of rotatable bonds is 5. The number of hydrogen-bond acceptors (Lipinski definition) is 5. The van der Waals surface area contributed by atoms with Gasteiger partial charge in [-0.05, 0) is 5.56 Å². The highest BCUT2D eigenvalue weighted by Gasteiger charge is 2.35. The highest BCUT2D eigenvalue weighted by atomic mass is 35.5. The van der Waals surface area contributed by atoms with E-state index in [1.165, 1.54) is 31.2 Å². The van der Waals surface area contributed by atoms with Crippen molar-refractivity contribution in [3.8, 4) is 0 Å². The van der Waals surface area contributed by atoms with E-state index in [4.69, 9.17) is 23.2 Å². The number of hydrogen-bond donors (Lipinski definition) is 3. The summed E-state index contributed by atoms with van der Waals surface area (Å²) in [4.78, 5) is 19.8. The molecule has 1 rings (SSSR count). The van der Waals surface area contributed by atoms with Gasteiger partial charge in [0.05, 0.1) is 10.8 Å². The number of nitro benzene ring substituents is 1. The summed E-state index contributed by atoms with van der Waals surface area (Å²) in [6, 6.07) is 5.15. The minimum Gasteiger partial charge on any atom is -0.348 e. The molecule has 0 fully saturated rings. The summed E-state index contributed by atoms with van der Waals surface area (Å²) in [5, 5.41) is 32.0. The Bertz CT molecular complexity index is 504. The van der Waals surface area contributed by atoms with Crippen LogP contribution >= 0.6 is 23.2 Å². The lowest BCUT2D eigenvalue weighted by Crippen LogP contribution is -2.53. The summed E-state index contributed by atoms with van der Waals surface area (Å²) in [5.74, 6) is -4.51. The topological polar surface area (TPSA) is 113 Å². The first-order valence-electron chi connectivity index (χ1n) is 5.44. The molecule has 0 aliphatic rings. The van der Waals surface area contributed by atoms with E-state index in [0.29, 0.717) is 5.56 Å². The lowest BCUT2D eigenvalue weighted by atomic mass is 9.97. The van der Waals surface area contributed by atoms with Crippen LogP contribution in [-0.4, -0.2) is 31.8 Å². The molecule has 1 unspecified atom stereocenters. The van der Waals surface area contributed by atoms with Crippen LogP contribution in [0, 0.1) is 10.1 Å². The predicted octanol–water partition coefficient (Wildman–Crippen LogP) is 1.26. The summed E-state index contributed by atoms with van der Waals surface area (Å²) in [6.45, 7) is 1.42. The molecule has 0 saturated heterocycles. The first-order chi connectivity index (χ1) is 9.15. The van der Waals surface area contributed by atoms with Crippen molar-refractivity contribution in [1.29, 1.82) is 0 Å². The van der Waals surface area contributed by atoms with Crippen molar-refractivity contribution >= 4 is 34.8 Å². The third-order valence-corrected chi connectivity index (χ3v) is 3.11. The number of alkyl halides is 2. The van der Waals surface area contributed by atoms with Crippen LogP contribution in [0.4, 0.5) is 5.69 Å². The second-order valence-corrected chi connectivity index (χ2v) is 5.18.